The van der Waals surface area contributed by atoms with Gasteiger partial charge in [-0.1, -0.05) is 152 Å². The van der Waals surface area contributed by atoms with Gasteiger partial charge in [0.15, 0.2) is 0 Å². The van der Waals surface area contributed by atoms with Gasteiger partial charge in [0, 0.05) is 36.3 Å². The first-order valence-electron chi connectivity index (χ1n) is 18.5. The molecule has 2 heteroatoms. The van der Waals surface area contributed by atoms with E-state index in [4.69, 9.17) is 4.42 Å². The second kappa shape index (κ2) is 11.4. The summed E-state index contributed by atoms with van der Waals surface area (Å²) in [4.78, 5) is 0. The Morgan fingerprint density at radius 3 is 1.65 bits per heavy atom. The van der Waals surface area contributed by atoms with Crippen molar-refractivity contribution in [3.05, 3.63) is 182 Å². The third-order valence-corrected chi connectivity index (χ3v) is 12.6. The lowest BCUT2D eigenvalue weighted by Crippen LogP contribution is -1.92. The van der Waals surface area contributed by atoms with Crippen LogP contribution in [0.4, 0.5) is 0 Å². The number of benzene rings is 10. The molecule has 0 aliphatic rings. The van der Waals surface area contributed by atoms with E-state index in [1.807, 2.05) is 11.3 Å². The molecule has 2 heterocycles. The van der Waals surface area contributed by atoms with Gasteiger partial charge in [0.1, 0.15) is 11.2 Å². The van der Waals surface area contributed by atoms with Crippen LogP contribution in [0.3, 0.4) is 0 Å². The van der Waals surface area contributed by atoms with Gasteiger partial charge in [0.2, 0.25) is 0 Å². The number of thiophene rings is 1. The minimum atomic E-state index is 0.935. The molecule has 0 N–H and O–H groups in total. The number of hydrogen-bond acceptors (Lipinski definition) is 2. The molecule has 12 rings (SSSR count). The number of furan rings is 1. The standard InChI is InChI=1S/C52H30OS/c1-2-12-31(13-3-1)34-25-26-42(37-17-7-6-16-36(34)37)51-40-20-10-8-18-38(40)50(39-19-9-11-21-41(39)51)33-23-27-48-45(28-33)46-29-47-44(30-49(46)54-48)43-24-22-32-14-4-5-15-35(32)52(43)53-47/h1-30H. The van der Waals surface area contributed by atoms with Crippen LogP contribution in [0.1, 0.15) is 0 Å². The van der Waals surface area contributed by atoms with Gasteiger partial charge in [-0.15, -0.1) is 11.3 Å². The van der Waals surface area contributed by atoms with Gasteiger partial charge in [-0.2, -0.15) is 0 Å². The minimum Gasteiger partial charge on any atom is -0.455 e. The molecule has 0 saturated carbocycles. The maximum atomic E-state index is 6.65. The Balaban J connectivity index is 1.10. The zero-order chi connectivity index (χ0) is 35.3. The van der Waals surface area contributed by atoms with E-state index >= 15 is 0 Å². The first-order valence-corrected chi connectivity index (χ1v) is 19.3. The van der Waals surface area contributed by atoms with Crippen LogP contribution in [0.5, 0.6) is 0 Å². The molecule has 0 spiro atoms. The minimum absolute atomic E-state index is 0.935. The summed E-state index contributed by atoms with van der Waals surface area (Å²) in [6, 6.07) is 66.8. The third kappa shape index (κ3) is 4.26. The molecule has 54 heavy (non-hydrogen) atoms. The van der Waals surface area contributed by atoms with E-state index in [0.29, 0.717) is 0 Å². The summed E-state index contributed by atoms with van der Waals surface area (Å²) >= 11 is 1.86. The fourth-order valence-electron chi connectivity index (χ4n) is 9.04. The van der Waals surface area contributed by atoms with Gasteiger partial charge in [-0.3, -0.25) is 0 Å². The lowest BCUT2D eigenvalue weighted by atomic mass is 9.83. The van der Waals surface area contributed by atoms with Gasteiger partial charge < -0.3 is 4.42 Å². The average molecular weight is 703 g/mol. The molecule has 0 bridgehead atoms. The van der Waals surface area contributed by atoms with E-state index < -0.39 is 0 Å². The largest absolute Gasteiger partial charge is 0.455 e. The van der Waals surface area contributed by atoms with Crippen LogP contribution in [0.25, 0.3) is 119 Å². The Morgan fingerprint density at radius 2 is 0.907 bits per heavy atom. The SMILES string of the molecule is c1ccc(-c2ccc(-c3c4ccccc4c(-c4ccc5sc6cc7c(cc6c5c4)oc4c5ccccc5ccc74)c4ccccc34)c3ccccc23)cc1. The van der Waals surface area contributed by atoms with Crippen molar-refractivity contribution < 1.29 is 4.42 Å². The topological polar surface area (TPSA) is 13.1 Å². The molecule has 1 nitrogen and oxygen atoms in total. The average Bonchev–Trinajstić information content (AvgIpc) is 3.79. The van der Waals surface area contributed by atoms with Crippen LogP contribution in [0.2, 0.25) is 0 Å². The highest BCUT2D eigenvalue weighted by molar-refractivity contribution is 7.25. The van der Waals surface area contributed by atoms with Gasteiger partial charge in [0.25, 0.3) is 0 Å². The van der Waals surface area contributed by atoms with Crippen molar-refractivity contribution in [3.63, 3.8) is 0 Å². The number of hydrogen-bond donors (Lipinski definition) is 0. The first-order chi connectivity index (χ1) is 26.8. The van der Waals surface area contributed by atoms with Crippen molar-refractivity contribution in [2.24, 2.45) is 0 Å². The van der Waals surface area contributed by atoms with Crippen LogP contribution < -0.4 is 0 Å². The number of rotatable bonds is 3. The van der Waals surface area contributed by atoms with Crippen LogP contribution in [-0.4, -0.2) is 0 Å². The molecule has 0 amide bonds. The lowest BCUT2D eigenvalue weighted by molar-refractivity contribution is 0.673. The molecule has 0 fully saturated rings. The van der Waals surface area contributed by atoms with Crippen molar-refractivity contribution in [1.82, 2.24) is 0 Å². The molecule has 0 aliphatic carbocycles. The van der Waals surface area contributed by atoms with E-state index in [9.17, 15) is 0 Å². The van der Waals surface area contributed by atoms with E-state index in [1.165, 1.54) is 102 Å². The molecule has 0 saturated heterocycles. The number of fused-ring (bicyclic) bond motifs is 11. The molecule has 12 aromatic rings. The summed E-state index contributed by atoms with van der Waals surface area (Å²) in [5.74, 6) is 0. The molecule has 10 aromatic carbocycles. The predicted molar refractivity (Wildman–Crippen MR) is 233 cm³/mol. The zero-order valence-electron chi connectivity index (χ0n) is 29.1. The Labute approximate surface area is 314 Å². The summed E-state index contributed by atoms with van der Waals surface area (Å²) in [6.45, 7) is 0. The Kier molecular flexibility index (Phi) is 6.28. The molecule has 0 atom stereocenters. The summed E-state index contributed by atoms with van der Waals surface area (Å²) in [6.07, 6.45) is 0. The van der Waals surface area contributed by atoms with E-state index in [-0.39, 0.29) is 0 Å². The predicted octanol–water partition coefficient (Wildman–Crippen LogP) is 15.6. The van der Waals surface area contributed by atoms with Crippen molar-refractivity contribution in [2.75, 3.05) is 0 Å². The molecule has 0 unspecified atom stereocenters. The normalized spacial score (nSPS) is 12.1. The fraction of sp³-hybridized carbons (Fsp3) is 0. The van der Waals surface area contributed by atoms with Crippen molar-refractivity contribution in [1.29, 1.82) is 0 Å². The second-order valence-electron chi connectivity index (χ2n) is 14.3. The van der Waals surface area contributed by atoms with Crippen LogP contribution >= 0.6 is 11.3 Å². The molecule has 0 radical (unpaired) electrons. The van der Waals surface area contributed by atoms with Crippen LogP contribution in [-0.2, 0) is 0 Å². The highest BCUT2D eigenvalue weighted by Crippen LogP contribution is 2.48. The van der Waals surface area contributed by atoms with Crippen LogP contribution in [0, 0.1) is 0 Å². The monoisotopic (exact) mass is 702 g/mol. The van der Waals surface area contributed by atoms with E-state index in [0.717, 1.165) is 16.6 Å². The first kappa shape index (κ1) is 29.8. The maximum Gasteiger partial charge on any atom is 0.143 e. The Bertz CT molecular complexity index is 3440. The second-order valence-corrected chi connectivity index (χ2v) is 15.4. The van der Waals surface area contributed by atoms with Gasteiger partial charge in [-0.25, -0.2) is 0 Å². The van der Waals surface area contributed by atoms with Crippen molar-refractivity contribution in [3.8, 4) is 33.4 Å². The fourth-order valence-corrected chi connectivity index (χ4v) is 10.2. The molecule has 250 valence electrons. The highest BCUT2D eigenvalue weighted by atomic mass is 32.1. The Morgan fingerprint density at radius 1 is 0.315 bits per heavy atom. The molecular formula is C52H30OS. The van der Waals surface area contributed by atoms with Gasteiger partial charge >= 0.3 is 0 Å². The maximum absolute atomic E-state index is 6.65. The molecule has 2 aromatic heterocycles. The smallest absolute Gasteiger partial charge is 0.143 e. The Hall–Kier alpha value is -6.74. The van der Waals surface area contributed by atoms with Crippen LogP contribution in [0.15, 0.2) is 186 Å². The van der Waals surface area contributed by atoms with Crippen molar-refractivity contribution >= 4 is 96.5 Å². The lowest BCUT2D eigenvalue weighted by Gasteiger charge is -2.19. The summed E-state index contributed by atoms with van der Waals surface area (Å²) in [5.41, 5.74) is 9.42. The highest BCUT2D eigenvalue weighted by Gasteiger charge is 2.20. The van der Waals surface area contributed by atoms with E-state index in [2.05, 4.69) is 182 Å². The van der Waals surface area contributed by atoms with E-state index in [1.54, 1.807) is 0 Å². The van der Waals surface area contributed by atoms with Crippen molar-refractivity contribution in [2.45, 2.75) is 0 Å². The summed E-state index contributed by atoms with van der Waals surface area (Å²) in [5, 5.41) is 14.8. The molecule has 0 aliphatic heterocycles. The van der Waals surface area contributed by atoms with Gasteiger partial charge in [-0.05, 0) is 101 Å². The summed E-state index contributed by atoms with van der Waals surface area (Å²) < 4.78 is 9.21. The molecular weight excluding hydrogens is 673 g/mol. The third-order valence-electron chi connectivity index (χ3n) is 11.5. The van der Waals surface area contributed by atoms with Gasteiger partial charge in [0.05, 0.1) is 0 Å². The summed E-state index contributed by atoms with van der Waals surface area (Å²) in [7, 11) is 0. The quantitative estimate of drug-likeness (QED) is 0.167. The zero-order valence-corrected chi connectivity index (χ0v) is 30.0.